The first kappa shape index (κ1) is 16.5. The Bertz CT molecular complexity index is 1050. The normalized spacial score (nSPS) is 11.4. The molecule has 128 valence electrons. The summed E-state index contributed by atoms with van der Waals surface area (Å²) in [6, 6.07) is 7.41. The molecule has 0 N–H and O–H groups in total. The molecular weight excluding hydrogens is 379 g/mol. The third-order valence-corrected chi connectivity index (χ3v) is 5.19. The molecule has 0 aliphatic rings. The number of rotatable bonds is 4. The number of hydrogen-bond acceptors (Lipinski definition) is 4. The lowest BCUT2D eigenvalue weighted by Crippen LogP contribution is -1.94. The van der Waals surface area contributed by atoms with Gasteiger partial charge in [-0.15, -0.1) is 0 Å². The van der Waals surface area contributed by atoms with Gasteiger partial charge in [-0.05, 0) is 54.4 Å². The number of aryl methyl sites for hydroxylation is 2. The summed E-state index contributed by atoms with van der Waals surface area (Å²) in [7, 11) is 0. The monoisotopic (exact) mass is 392 g/mol. The zero-order valence-electron chi connectivity index (χ0n) is 13.5. The van der Waals surface area contributed by atoms with Crippen molar-refractivity contribution in [3.05, 3.63) is 62.1 Å². The number of halogens is 2. The predicted octanol–water partition coefficient (Wildman–Crippen LogP) is 6.16. The van der Waals surface area contributed by atoms with Gasteiger partial charge < -0.3 is 9.15 Å². The molecule has 3 aromatic heterocycles. The molecule has 1 aromatic carbocycles. The number of aromatic nitrogens is 2. The van der Waals surface area contributed by atoms with E-state index in [2.05, 4.69) is 10.5 Å². The minimum absolute atomic E-state index is 0.475. The van der Waals surface area contributed by atoms with Crippen LogP contribution in [-0.4, -0.2) is 9.61 Å². The van der Waals surface area contributed by atoms with Gasteiger partial charge in [0.05, 0.1) is 5.02 Å². The standard InChI is InChI=1S/C18H14Cl2N2O2S/c1-10-17(23-8-12-5-6-25-9-12)18-22(21-10)16(11(2)24-18)14-4-3-13(19)7-15(14)20/h3-7,9H,8H2,1-2H3. The highest BCUT2D eigenvalue weighted by atomic mass is 35.5. The Balaban J connectivity index is 1.79. The number of nitrogens with zero attached hydrogens (tertiary/aromatic N) is 2. The number of thiophene rings is 1. The van der Waals surface area contributed by atoms with Crippen molar-refractivity contribution in [3.8, 4) is 17.0 Å². The lowest BCUT2D eigenvalue weighted by atomic mass is 10.1. The zero-order valence-corrected chi connectivity index (χ0v) is 15.9. The number of ether oxygens (including phenoxy) is 1. The first-order chi connectivity index (χ1) is 12.0. The van der Waals surface area contributed by atoms with E-state index >= 15 is 0 Å². The highest BCUT2D eigenvalue weighted by molar-refractivity contribution is 7.07. The van der Waals surface area contributed by atoms with Crippen molar-refractivity contribution >= 4 is 40.3 Å². The molecule has 0 unspecified atom stereocenters. The van der Waals surface area contributed by atoms with Crippen molar-refractivity contribution in [2.45, 2.75) is 20.5 Å². The fourth-order valence-electron chi connectivity index (χ4n) is 2.76. The molecule has 0 radical (unpaired) electrons. The summed E-state index contributed by atoms with van der Waals surface area (Å²) in [5.41, 5.74) is 4.07. The predicted molar refractivity (Wildman–Crippen MR) is 101 cm³/mol. The summed E-state index contributed by atoms with van der Waals surface area (Å²) >= 11 is 14.0. The SMILES string of the molecule is Cc1nn2c(-c3ccc(Cl)cc3Cl)c(C)oc2c1OCc1ccsc1. The zero-order chi connectivity index (χ0) is 17.6. The summed E-state index contributed by atoms with van der Waals surface area (Å²) < 4.78 is 13.6. The minimum Gasteiger partial charge on any atom is -0.482 e. The van der Waals surface area contributed by atoms with Gasteiger partial charge in [-0.3, -0.25) is 0 Å². The van der Waals surface area contributed by atoms with Gasteiger partial charge in [-0.1, -0.05) is 23.2 Å². The molecule has 0 fully saturated rings. The van der Waals surface area contributed by atoms with Gasteiger partial charge in [-0.25, -0.2) is 0 Å². The molecule has 7 heteroatoms. The molecule has 0 saturated carbocycles. The number of fused-ring (bicyclic) bond motifs is 1. The quantitative estimate of drug-likeness (QED) is 0.417. The van der Waals surface area contributed by atoms with Crippen LogP contribution in [0.2, 0.25) is 10.0 Å². The van der Waals surface area contributed by atoms with Crippen LogP contribution in [0, 0.1) is 13.8 Å². The second-order valence-corrected chi connectivity index (χ2v) is 7.31. The minimum atomic E-state index is 0.475. The molecule has 25 heavy (non-hydrogen) atoms. The fraction of sp³-hybridized carbons (Fsp3) is 0.167. The van der Waals surface area contributed by atoms with Gasteiger partial charge in [0.1, 0.15) is 23.8 Å². The molecule has 0 aliphatic carbocycles. The lowest BCUT2D eigenvalue weighted by molar-refractivity contribution is 0.303. The van der Waals surface area contributed by atoms with Gasteiger partial charge in [0.2, 0.25) is 5.75 Å². The average molecular weight is 393 g/mol. The van der Waals surface area contributed by atoms with Gasteiger partial charge >= 0.3 is 0 Å². The van der Waals surface area contributed by atoms with Crippen molar-refractivity contribution in [3.63, 3.8) is 0 Å². The van der Waals surface area contributed by atoms with Crippen LogP contribution in [0.15, 0.2) is 39.4 Å². The van der Waals surface area contributed by atoms with E-state index in [0.29, 0.717) is 33.9 Å². The van der Waals surface area contributed by atoms with Gasteiger partial charge in [0.25, 0.3) is 5.71 Å². The summed E-state index contributed by atoms with van der Waals surface area (Å²) in [4.78, 5) is 0. The van der Waals surface area contributed by atoms with Crippen molar-refractivity contribution in [2.75, 3.05) is 0 Å². The molecule has 4 nitrogen and oxygen atoms in total. The van der Waals surface area contributed by atoms with E-state index in [0.717, 1.165) is 22.5 Å². The van der Waals surface area contributed by atoms with Crippen LogP contribution >= 0.6 is 34.5 Å². The summed E-state index contributed by atoms with van der Waals surface area (Å²) in [6.07, 6.45) is 0. The Morgan fingerprint density at radius 3 is 2.80 bits per heavy atom. The first-order valence-corrected chi connectivity index (χ1v) is 9.32. The number of hydrogen-bond donors (Lipinski definition) is 0. The highest BCUT2D eigenvalue weighted by Crippen LogP contribution is 2.37. The molecule has 0 aliphatic heterocycles. The average Bonchev–Trinajstić information content (AvgIpc) is 3.24. The number of oxazole rings is 1. The smallest absolute Gasteiger partial charge is 0.266 e. The van der Waals surface area contributed by atoms with Crippen molar-refractivity contribution in [2.24, 2.45) is 0 Å². The Hall–Kier alpha value is -1.95. The Kier molecular flexibility index (Phi) is 4.23. The molecule has 0 amide bonds. The van der Waals surface area contributed by atoms with E-state index in [1.54, 1.807) is 28.0 Å². The largest absolute Gasteiger partial charge is 0.482 e. The summed E-state index contributed by atoms with van der Waals surface area (Å²) in [6.45, 7) is 4.25. The maximum atomic E-state index is 6.37. The molecule has 0 bridgehead atoms. The van der Waals surface area contributed by atoms with Crippen LogP contribution < -0.4 is 4.74 Å². The Morgan fingerprint density at radius 2 is 2.08 bits per heavy atom. The summed E-state index contributed by atoms with van der Waals surface area (Å²) in [5.74, 6) is 1.36. The van der Waals surface area contributed by atoms with Crippen molar-refractivity contribution < 1.29 is 9.15 Å². The van der Waals surface area contributed by atoms with Gasteiger partial charge in [-0.2, -0.15) is 21.0 Å². The van der Waals surface area contributed by atoms with Crippen LogP contribution in [0.5, 0.6) is 5.75 Å². The molecule has 0 saturated heterocycles. The van der Waals surface area contributed by atoms with Crippen LogP contribution in [0.25, 0.3) is 17.0 Å². The molecule has 0 atom stereocenters. The van der Waals surface area contributed by atoms with E-state index in [1.165, 1.54) is 0 Å². The first-order valence-electron chi connectivity index (χ1n) is 7.62. The third-order valence-electron chi connectivity index (χ3n) is 3.91. The maximum absolute atomic E-state index is 6.37. The second-order valence-electron chi connectivity index (χ2n) is 5.68. The van der Waals surface area contributed by atoms with E-state index < -0.39 is 0 Å². The molecule has 3 heterocycles. The van der Waals surface area contributed by atoms with Crippen LogP contribution in [0.3, 0.4) is 0 Å². The van der Waals surface area contributed by atoms with E-state index in [-0.39, 0.29) is 0 Å². The topological polar surface area (TPSA) is 39.7 Å². The van der Waals surface area contributed by atoms with Gasteiger partial charge in [0, 0.05) is 10.6 Å². The number of benzene rings is 1. The molecule has 4 aromatic rings. The maximum Gasteiger partial charge on any atom is 0.266 e. The van der Waals surface area contributed by atoms with Crippen LogP contribution in [0.4, 0.5) is 0 Å². The van der Waals surface area contributed by atoms with Crippen molar-refractivity contribution in [1.29, 1.82) is 0 Å². The summed E-state index contributed by atoms with van der Waals surface area (Å²) in [5, 5.41) is 9.80. The molecule has 0 spiro atoms. The lowest BCUT2D eigenvalue weighted by Gasteiger charge is -2.03. The Morgan fingerprint density at radius 1 is 1.24 bits per heavy atom. The molecule has 4 rings (SSSR count). The molecular formula is C18H14Cl2N2O2S. The fourth-order valence-corrected chi connectivity index (χ4v) is 3.91. The van der Waals surface area contributed by atoms with E-state index in [4.69, 9.17) is 32.4 Å². The van der Waals surface area contributed by atoms with E-state index in [9.17, 15) is 0 Å². The van der Waals surface area contributed by atoms with Crippen LogP contribution in [0.1, 0.15) is 17.0 Å². The highest BCUT2D eigenvalue weighted by Gasteiger charge is 2.22. The van der Waals surface area contributed by atoms with Gasteiger partial charge in [0.15, 0.2) is 0 Å². The Labute approximate surface area is 158 Å². The second kappa shape index (κ2) is 6.41. The third kappa shape index (κ3) is 2.92. The van der Waals surface area contributed by atoms with Crippen LogP contribution in [-0.2, 0) is 6.61 Å². The van der Waals surface area contributed by atoms with E-state index in [1.807, 2.05) is 31.4 Å². The van der Waals surface area contributed by atoms with Crippen molar-refractivity contribution in [1.82, 2.24) is 9.61 Å².